The topological polar surface area (TPSA) is 78.5 Å². The number of benzene rings is 2. The predicted octanol–water partition coefficient (Wildman–Crippen LogP) is 2.23. The number of nitrogens with zero attached hydrogens (tertiary/aromatic N) is 1. The van der Waals surface area contributed by atoms with Gasteiger partial charge in [0.15, 0.2) is 0 Å². The second kappa shape index (κ2) is 6.35. The third-order valence-corrected chi connectivity index (χ3v) is 4.06. The summed E-state index contributed by atoms with van der Waals surface area (Å²) in [5.74, 6) is -1.48. The summed E-state index contributed by atoms with van der Waals surface area (Å²) < 4.78 is 12.9. The van der Waals surface area contributed by atoms with Crippen molar-refractivity contribution in [3.05, 3.63) is 66.0 Å². The molecule has 0 saturated carbocycles. The summed E-state index contributed by atoms with van der Waals surface area (Å²) in [5.41, 5.74) is -0.201. The smallest absolute Gasteiger partial charge is 0.325 e. The monoisotopic (exact) mass is 341 g/mol. The van der Waals surface area contributed by atoms with Crippen LogP contribution in [0.2, 0.25) is 0 Å². The van der Waals surface area contributed by atoms with Crippen molar-refractivity contribution >= 4 is 23.5 Å². The fourth-order valence-corrected chi connectivity index (χ4v) is 2.69. The lowest BCUT2D eigenvalue weighted by Gasteiger charge is -2.22. The minimum Gasteiger partial charge on any atom is -0.325 e. The third kappa shape index (κ3) is 3.21. The van der Waals surface area contributed by atoms with Crippen LogP contribution in [0.15, 0.2) is 54.6 Å². The lowest BCUT2D eigenvalue weighted by atomic mass is 9.92. The molecule has 1 saturated heterocycles. The molecule has 0 aromatic heterocycles. The maximum atomic E-state index is 12.9. The Morgan fingerprint density at radius 3 is 2.40 bits per heavy atom. The summed E-state index contributed by atoms with van der Waals surface area (Å²) in [6.07, 6.45) is 0. The largest absolute Gasteiger partial charge is 0.325 e. The summed E-state index contributed by atoms with van der Waals surface area (Å²) in [7, 11) is 0. The van der Waals surface area contributed by atoms with E-state index in [1.807, 2.05) is 6.07 Å². The van der Waals surface area contributed by atoms with Crippen molar-refractivity contribution in [3.8, 4) is 0 Å². The van der Waals surface area contributed by atoms with Gasteiger partial charge in [-0.15, -0.1) is 0 Å². The van der Waals surface area contributed by atoms with Crippen LogP contribution >= 0.6 is 0 Å². The van der Waals surface area contributed by atoms with Gasteiger partial charge in [-0.3, -0.25) is 14.5 Å². The van der Waals surface area contributed by atoms with Gasteiger partial charge < -0.3 is 10.6 Å². The molecule has 2 N–H and O–H groups in total. The lowest BCUT2D eigenvalue weighted by molar-refractivity contribution is -0.133. The molecule has 25 heavy (non-hydrogen) atoms. The van der Waals surface area contributed by atoms with Crippen LogP contribution < -0.4 is 10.6 Å². The molecule has 7 heteroatoms. The third-order valence-electron chi connectivity index (χ3n) is 4.06. The van der Waals surface area contributed by atoms with Crippen LogP contribution in [0.3, 0.4) is 0 Å². The van der Waals surface area contributed by atoms with E-state index in [1.165, 1.54) is 24.3 Å². The minimum atomic E-state index is -1.21. The highest BCUT2D eigenvalue weighted by atomic mass is 19.1. The van der Waals surface area contributed by atoms with E-state index >= 15 is 0 Å². The number of hydrogen-bond donors (Lipinski definition) is 2. The van der Waals surface area contributed by atoms with E-state index in [9.17, 15) is 18.8 Å². The van der Waals surface area contributed by atoms with Gasteiger partial charge in [-0.25, -0.2) is 9.18 Å². The van der Waals surface area contributed by atoms with Crippen LogP contribution in [0.4, 0.5) is 14.9 Å². The average molecular weight is 341 g/mol. The molecule has 2 aromatic carbocycles. The minimum absolute atomic E-state index is 0.379. The van der Waals surface area contributed by atoms with Crippen molar-refractivity contribution < 1.29 is 18.8 Å². The number of anilines is 1. The maximum absolute atomic E-state index is 12.9. The van der Waals surface area contributed by atoms with Gasteiger partial charge in [-0.2, -0.15) is 0 Å². The van der Waals surface area contributed by atoms with Crippen LogP contribution in [0.5, 0.6) is 0 Å². The zero-order valence-electron chi connectivity index (χ0n) is 13.5. The first-order valence-electron chi connectivity index (χ1n) is 7.65. The molecule has 0 bridgehead atoms. The molecular formula is C18H16FN3O3. The highest BCUT2D eigenvalue weighted by molar-refractivity contribution is 6.10. The zero-order chi connectivity index (χ0) is 18.0. The molecule has 1 aliphatic heterocycles. The molecule has 0 radical (unpaired) electrons. The van der Waals surface area contributed by atoms with Crippen LogP contribution in [-0.2, 0) is 15.1 Å². The summed E-state index contributed by atoms with van der Waals surface area (Å²) in [6, 6.07) is 13.4. The van der Waals surface area contributed by atoms with Gasteiger partial charge in [-0.1, -0.05) is 30.3 Å². The fraction of sp³-hybridized carbons (Fsp3) is 0.167. The van der Waals surface area contributed by atoms with Gasteiger partial charge in [0, 0.05) is 5.69 Å². The van der Waals surface area contributed by atoms with Crippen molar-refractivity contribution in [3.63, 3.8) is 0 Å². The SMILES string of the molecule is C[C@]1(c2ccccc2)NC(=O)N(CC(=O)Nc2ccc(F)cc2)C1=O. The van der Waals surface area contributed by atoms with Crippen LogP contribution in [0.1, 0.15) is 12.5 Å². The van der Waals surface area contributed by atoms with Gasteiger partial charge in [0.05, 0.1) is 0 Å². The van der Waals surface area contributed by atoms with Crippen molar-refractivity contribution in [1.29, 1.82) is 0 Å². The Hall–Kier alpha value is -3.22. The van der Waals surface area contributed by atoms with Gasteiger partial charge in [0.2, 0.25) is 5.91 Å². The Labute approximate surface area is 143 Å². The Balaban J connectivity index is 1.72. The number of carbonyl (C=O) groups excluding carboxylic acids is 3. The number of nitrogens with one attached hydrogen (secondary N) is 2. The number of carbonyl (C=O) groups is 3. The van der Waals surface area contributed by atoms with Crippen LogP contribution in [0.25, 0.3) is 0 Å². The van der Waals surface area contributed by atoms with Gasteiger partial charge in [0.25, 0.3) is 5.91 Å². The van der Waals surface area contributed by atoms with E-state index in [2.05, 4.69) is 10.6 Å². The number of rotatable bonds is 4. The van der Waals surface area contributed by atoms with Crippen molar-refractivity contribution in [2.45, 2.75) is 12.5 Å². The van der Waals surface area contributed by atoms with E-state index in [0.717, 1.165) is 4.90 Å². The zero-order valence-corrected chi connectivity index (χ0v) is 13.5. The quantitative estimate of drug-likeness (QED) is 0.837. The molecule has 4 amide bonds. The predicted molar refractivity (Wildman–Crippen MR) is 89.1 cm³/mol. The molecule has 1 aliphatic rings. The first-order chi connectivity index (χ1) is 11.9. The Kier molecular flexibility index (Phi) is 4.22. The second-order valence-electron chi connectivity index (χ2n) is 5.87. The van der Waals surface area contributed by atoms with Crippen molar-refractivity contribution in [2.24, 2.45) is 0 Å². The fourth-order valence-electron chi connectivity index (χ4n) is 2.69. The summed E-state index contributed by atoms with van der Waals surface area (Å²) in [6.45, 7) is 1.17. The normalized spacial score (nSPS) is 19.7. The Morgan fingerprint density at radius 2 is 1.76 bits per heavy atom. The molecule has 0 unspecified atom stereocenters. The lowest BCUT2D eigenvalue weighted by Crippen LogP contribution is -2.42. The van der Waals surface area contributed by atoms with E-state index in [0.29, 0.717) is 11.3 Å². The number of urea groups is 1. The molecule has 6 nitrogen and oxygen atoms in total. The maximum Gasteiger partial charge on any atom is 0.325 e. The van der Waals surface area contributed by atoms with Crippen LogP contribution in [-0.4, -0.2) is 29.3 Å². The summed E-state index contributed by atoms with van der Waals surface area (Å²) in [4.78, 5) is 37.8. The summed E-state index contributed by atoms with van der Waals surface area (Å²) in [5, 5.41) is 5.16. The molecule has 1 fully saturated rings. The molecule has 3 rings (SSSR count). The van der Waals surface area contributed by atoms with E-state index < -0.39 is 35.7 Å². The van der Waals surface area contributed by atoms with Crippen molar-refractivity contribution in [2.75, 3.05) is 11.9 Å². The first-order valence-corrected chi connectivity index (χ1v) is 7.65. The second-order valence-corrected chi connectivity index (χ2v) is 5.87. The molecule has 128 valence electrons. The van der Waals surface area contributed by atoms with E-state index in [-0.39, 0.29) is 0 Å². The van der Waals surface area contributed by atoms with Gasteiger partial charge in [0.1, 0.15) is 17.9 Å². The molecule has 0 aliphatic carbocycles. The van der Waals surface area contributed by atoms with Crippen molar-refractivity contribution in [1.82, 2.24) is 10.2 Å². The van der Waals surface area contributed by atoms with E-state index in [1.54, 1.807) is 31.2 Å². The summed E-state index contributed by atoms with van der Waals surface area (Å²) >= 11 is 0. The van der Waals surface area contributed by atoms with Gasteiger partial charge in [-0.05, 0) is 36.8 Å². The van der Waals surface area contributed by atoms with E-state index in [4.69, 9.17) is 0 Å². The highest BCUT2D eigenvalue weighted by Gasteiger charge is 2.49. The molecule has 2 aromatic rings. The number of amides is 4. The molecule has 1 atom stereocenters. The number of imide groups is 1. The Bertz CT molecular complexity index is 823. The Morgan fingerprint density at radius 1 is 1.12 bits per heavy atom. The first kappa shape index (κ1) is 16.6. The molecule has 0 spiro atoms. The molecular weight excluding hydrogens is 325 g/mol. The number of halogens is 1. The average Bonchev–Trinajstić information content (AvgIpc) is 2.82. The van der Waals surface area contributed by atoms with Crippen LogP contribution in [0, 0.1) is 5.82 Å². The standard InChI is InChI=1S/C18H16FN3O3/c1-18(12-5-3-2-4-6-12)16(24)22(17(25)21-18)11-15(23)20-14-9-7-13(19)8-10-14/h2-10H,11H2,1H3,(H,20,23)(H,21,25)/t18-/m1/s1. The highest BCUT2D eigenvalue weighted by Crippen LogP contribution is 2.28. The van der Waals surface area contributed by atoms with Gasteiger partial charge >= 0.3 is 6.03 Å². The molecule has 1 heterocycles. The number of hydrogen-bond acceptors (Lipinski definition) is 3.